The summed E-state index contributed by atoms with van der Waals surface area (Å²) in [5, 5.41) is 9.86. The highest BCUT2D eigenvalue weighted by Gasteiger charge is 2.24. The second kappa shape index (κ2) is 9.38. The summed E-state index contributed by atoms with van der Waals surface area (Å²) < 4.78 is 28.2. The molecule has 0 aliphatic carbocycles. The fourth-order valence-corrected chi connectivity index (χ4v) is 5.66. The number of nitrogens with zero attached hydrogens (tertiary/aromatic N) is 2. The molecule has 0 bridgehead atoms. The molecular weight excluding hydrogens is 450 g/mol. The summed E-state index contributed by atoms with van der Waals surface area (Å²) in [6.07, 6.45) is 0. The topological polar surface area (TPSA) is 90.0 Å². The van der Waals surface area contributed by atoms with Crippen molar-refractivity contribution in [1.29, 1.82) is 0 Å². The van der Waals surface area contributed by atoms with Gasteiger partial charge in [-0.15, -0.1) is 0 Å². The van der Waals surface area contributed by atoms with Crippen molar-refractivity contribution in [2.75, 3.05) is 40.7 Å². The van der Waals surface area contributed by atoms with Crippen molar-refractivity contribution in [2.45, 2.75) is 25.7 Å². The molecule has 0 radical (unpaired) electrons. The van der Waals surface area contributed by atoms with E-state index in [9.17, 15) is 18.3 Å². The minimum Gasteiger partial charge on any atom is -0.478 e. The van der Waals surface area contributed by atoms with E-state index in [0.717, 1.165) is 13.1 Å². The number of nitrogens with one attached hydrogen (secondary N) is 1. The van der Waals surface area contributed by atoms with Crippen molar-refractivity contribution < 1.29 is 18.3 Å². The van der Waals surface area contributed by atoms with Gasteiger partial charge in [-0.1, -0.05) is 30.3 Å². The predicted octanol–water partition coefficient (Wildman–Crippen LogP) is 4.44. The van der Waals surface area contributed by atoms with E-state index in [1.165, 1.54) is 28.9 Å². The Bertz CT molecular complexity index is 1330. The number of aryl methyl sites for hydroxylation is 3. The maximum Gasteiger partial charge on any atom is 0.337 e. The van der Waals surface area contributed by atoms with E-state index in [-0.39, 0.29) is 16.1 Å². The fraction of sp³-hybridized carbons (Fsp3) is 0.269. The van der Waals surface area contributed by atoms with Gasteiger partial charge in [0, 0.05) is 37.6 Å². The summed E-state index contributed by atoms with van der Waals surface area (Å²) in [4.78, 5) is 16.6. The van der Waals surface area contributed by atoms with Gasteiger partial charge in [0.05, 0.1) is 16.1 Å². The van der Waals surface area contributed by atoms with Crippen LogP contribution in [0.25, 0.3) is 0 Å². The molecule has 4 rings (SSSR count). The first-order valence-electron chi connectivity index (χ1n) is 11.2. The molecular formula is C26H29N3O4S. The van der Waals surface area contributed by atoms with Crippen LogP contribution in [-0.2, 0) is 10.0 Å². The number of anilines is 3. The Morgan fingerprint density at radius 3 is 2.12 bits per heavy atom. The van der Waals surface area contributed by atoms with Crippen molar-refractivity contribution >= 4 is 33.1 Å². The number of hydrogen-bond acceptors (Lipinski definition) is 5. The van der Waals surface area contributed by atoms with Crippen LogP contribution in [-0.4, -0.2) is 45.7 Å². The Balaban J connectivity index is 1.54. The molecule has 0 aromatic heterocycles. The van der Waals surface area contributed by atoms with Crippen molar-refractivity contribution in [3.63, 3.8) is 0 Å². The van der Waals surface area contributed by atoms with Crippen LogP contribution >= 0.6 is 0 Å². The van der Waals surface area contributed by atoms with E-state index >= 15 is 0 Å². The molecule has 0 saturated carbocycles. The lowest BCUT2D eigenvalue weighted by Crippen LogP contribution is -2.47. The highest BCUT2D eigenvalue weighted by atomic mass is 32.2. The average Bonchev–Trinajstić information content (AvgIpc) is 2.80. The normalized spacial score (nSPS) is 14.2. The number of benzene rings is 3. The number of carboxylic acid groups (broad SMARTS) is 1. The van der Waals surface area contributed by atoms with Crippen molar-refractivity contribution in [1.82, 2.24) is 0 Å². The molecule has 1 fully saturated rings. The molecule has 2 N–H and O–H groups in total. The molecule has 178 valence electrons. The molecule has 1 saturated heterocycles. The van der Waals surface area contributed by atoms with Crippen LogP contribution in [0.1, 0.15) is 27.0 Å². The van der Waals surface area contributed by atoms with Crippen LogP contribution in [0.15, 0.2) is 65.6 Å². The fourth-order valence-electron chi connectivity index (χ4n) is 4.36. The van der Waals surface area contributed by atoms with E-state index in [2.05, 4.69) is 41.7 Å². The summed E-state index contributed by atoms with van der Waals surface area (Å²) in [5.41, 5.74) is 5.14. The van der Waals surface area contributed by atoms with Gasteiger partial charge in [-0.05, 0) is 67.8 Å². The van der Waals surface area contributed by atoms with Gasteiger partial charge in [-0.25, -0.2) is 13.2 Å². The lowest BCUT2D eigenvalue weighted by molar-refractivity contribution is 0.0697. The van der Waals surface area contributed by atoms with E-state index in [0.29, 0.717) is 24.3 Å². The van der Waals surface area contributed by atoms with Gasteiger partial charge in [-0.3, -0.25) is 4.72 Å². The number of carboxylic acids is 1. The third kappa shape index (κ3) is 4.87. The molecule has 0 atom stereocenters. The highest BCUT2D eigenvalue weighted by Crippen LogP contribution is 2.29. The Kier molecular flexibility index (Phi) is 6.52. The zero-order valence-electron chi connectivity index (χ0n) is 19.6. The van der Waals surface area contributed by atoms with E-state index in [1.807, 2.05) is 4.90 Å². The molecule has 8 heteroatoms. The predicted molar refractivity (Wildman–Crippen MR) is 136 cm³/mol. The minimum atomic E-state index is -3.83. The van der Waals surface area contributed by atoms with Gasteiger partial charge < -0.3 is 14.9 Å². The monoisotopic (exact) mass is 479 g/mol. The smallest absolute Gasteiger partial charge is 0.337 e. The molecule has 1 aliphatic heterocycles. The largest absolute Gasteiger partial charge is 0.478 e. The van der Waals surface area contributed by atoms with Gasteiger partial charge in [0.2, 0.25) is 0 Å². The van der Waals surface area contributed by atoms with Crippen molar-refractivity contribution in [3.05, 3.63) is 82.9 Å². The highest BCUT2D eigenvalue weighted by molar-refractivity contribution is 7.92. The molecule has 0 spiro atoms. The van der Waals surface area contributed by atoms with Gasteiger partial charge in [0.1, 0.15) is 0 Å². The first-order valence-corrected chi connectivity index (χ1v) is 12.7. The van der Waals surface area contributed by atoms with Crippen LogP contribution in [0.2, 0.25) is 0 Å². The van der Waals surface area contributed by atoms with Crippen LogP contribution in [0.3, 0.4) is 0 Å². The van der Waals surface area contributed by atoms with Crippen LogP contribution in [0.4, 0.5) is 17.1 Å². The zero-order valence-corrected chi connectivity index (χ0v) is 20.4. The molecule has 3 aromatic carbocycles. The molecule has 1 aliphatic rings. The second-order valence-electron chi connectivity index (χ2n) is 8.67. The van der Waals surface area contributed by atoms with Crippen molar-refractivity contribution in [2.24, 2.45) is 0 Å². The molecule has 0 unspecified atom stereocenters. The second-order valence-corrected chi connectivity index (χ2v) is 10.3. The van der Waals surface area contributed by atoms with E-state index < -0.39 is 16.0 Å². The molecule has 3 aromatic rings. The third-order valence-electron chi connectivity index (χ3n) is 6.19. The summed E-state index contributed by atoms with van der Waals surface area (Å²) >= 11 is 0. The average molecular weight is 480 g/mol. The molecule has 34 heavy (non-hydrogen) atoms. The number of hydrogen-bond donors (Lipinski definition) is 2. The maximum atomic E-state index is 12.8. The SMILES string of the molecule is Cc1ccc(C)c(N2CCN(c3ccc(NS(=O)(=O)c4ccccc4C)cc3C(=O)O)CC2)c1. The van der Waals surface area contributed by atoms with Gasteiger partial charge >= 0.3 is 5.97 Å². The lowest BCUT2D eigenvalue weighted by atomic mass is 10.1. The Morgan fingerprint density at radius 1 is 0.824 bits per heavy atom. The number of rotatable bonds is 6. The first-order chi connectivity index (χ1) is 16.2. The number of aromatic carboxylic acids is 1. The standard InChI is InChI=1S/C26H29N3O4S/c1-18-8-9-19(2)24(16-18)29-14-12-28(13-15-29)23-11-10-21(17-22(23)26(30)31)27-34(32,33)25-7-5-4-6-20(25)3/h4-11,16-17,27H,12-15H2,1-3H3,(H,30,31). The quantitative estimate of drug-likeness (QED) is 0.543. The number of sulfonamides is 1. The van der Waals surface area contributed by atoms with E-state index in [4.69, 9.17) is 0 Å². The number of carbonyl (C=O) groups is 1. The Labute approximate surface area is 200 Å². The van der Waals surface area contributed by atoms with E-state index in [1.54, 1.807) is 37.3 Å². The van der Waals surface area contributed by atoms with Crippen LogP contribution < -0.4 is 14.5 Å². The van der Waals surface area contributed by atoms with Crippen molar-refractivity contribution in [3.8, 4) is 0 Å². The summed E-state index contributed by atoms with van der Waals surface area (Å²) in [7, 11) is -3.83. The summed E-state index contributed by atoms with van der Waals surface area (Å²) in [5.74, 6) is -1.09. The molecule has 0 amide bonds. The van der Waals surface area contributed by atoms with Crippen LogP contribution in [0, 0.1) is 20.8 Å². The minimum absolute atomic E-state index is 0.0742. The lowest BCUT2D eigenvalue weighted by Gasteiger charge is -2.38. The Hall–Kier alpha value is -3.52. The van der Waals surface area contributed by atoms with Gasteiger partial charge in [-0.2, -0.15) is 0 Å². The van der Waals surface area contributed by atoms with Gasteiger partial charge in [0.25, 0.3) is 10.0 Å². The third-order valence-corrected chi connectivity index (χ3v) is 7.73. The molecule has 1 heterocycles. The zero-order chi connectivity index (χ0) is 24.5. The first kappa shape index (κ1) is 23.6. The summed E-state index contributed by atoms with van der Waals surface area (Å²) in [6.45, 7) is 8.77. The number of piperazine rings is 1. The molecule has 7 nitrogen and oxygen atoms in total. The van der Waals surface area contributed by atoms with Crippen LogP contribution in [0.5, 0.6) is 0 Å². The maximum absolute atomic E-state index is 12.8. The summed E-state index contributed by atoms with van der Waals surface area (Å²) in [6, 6.07) is 17.8. The Morgan fingerprint density at radius 2 is 1.47 bits per heavy atom. The van der Waals surface area contributed by atoms with Gasteiger partial charge in [0.15, 0.2) is 0 Å².